The molecule has 1 atom stereocenters. The van der Waals surface area contributed by atoms with Gasteiger partial charge < -0.3 is 20.4 Å². The third-order valence-electron chi connectivity index (χ3n) is 4.54. The van der Waals surface area contributed by atoms with Crippen molar-refractivity contribution in [2.45, 2.75) is 38.8 Å². The van der Waals surface area contributed by atoms with Crippen LogP contribution in [0.5, 0.6) is 0 Å². The highest BCUT2D eigenvalue weighted by molar-refractivity contribution is 6.35. The molecule has 1 heterocycles. The first kappa shape index (κ1) is 19.2. The molecule has 0 radical (unpaired) electrons. The van der Waals surface area contributed by atoms with Crippen molar-refractivity contribution in [2.75, 3.05) is 39.1 Å². The molecule has 1 aromatic carbocycles. The van der Waals surface area contributed by atoms with Gasteiger partial charge in [0, 0.05) is 31.9 Å². The van der Waals surface area contributed by atoms with E-state index in [4.69, 9.17) is 0 Å². The maximum absolute atomic E-state index is 12.0. The van der Waals surface area contributed by atoms with E-state index in [0.717, 1.165) is 24.9 Å². The number of amides is 2. The lowest BCUT2D eigenvalue weighted by Gasteiger charge is -2.30. The van der Waals surface area contributed by atoms with Crippen molar-refractivity contribution in [1.82, 2.24) is 15.5 Å². The molecule has 138 valence electrons. The van der Waals surface area contributed by atoms with Crippen molar-refractivity contribution in [3.63, 3.8) is 0 Å². The first-order valence-electron chi connectivity index (χ1n) is 8.88. The Bertz CT molecular complexity index is 628. The van der Waals surface area contributed by atoms with E-state index in [0.29, 0.717) is 6.54 Å². The van der Waals surface area contributed by atoms with Gasteiger partial charge in [0.1, 0.15) is 0 Å². The fourth-order valence-corrected chi connectivity index (χ4v) is 3.21. The SMILES string of the molecule is CC(C)NC(=O)C(=O)NC[C@H](c1ccc2c(c1)CCCN2C)N(C)C. The summed E-state index contributed by atoms with van der Waals surface area (Å²) < 4.78 is 0. The first-order chi connectivity index (χ1) is 11.8. The van der Waals surface area contributed by atoms with Crippen molar-refractivity contribution < 1.29 is 9.59 Å². The Morgan fingerprint density at radius 2 is 1.96 bits per heavy atom. The summed E-state index contributed by atoms with van der Waals surface area (Å²) in [5, 5.41) is 5.36. The summed E-state index contributed by atoms with van der Waals surface area (Å²) in [6, 6.07) is 6.48. The number of fused-ring (bicyclic) bond motifs is 1. The van der Waals surface area contributed by atoms with Crippen molar-refractivity contribution in [3.05, 3.63) is 29.3 Å². The van der Waals surface area contributed by atoms with E-state index in [1.807, 2.05) is 27.9 Å². The maximum Gasteiger partial charge on any atom is 0.309 e. The van der Waals surface area contributed by atoms with Gasteiger partial charge in [0.2, 0.25) is 0 Å². The quantitative estimate of drug-likeness (QED) is 0.789. The van der Waals surface area contributed by atoms with Crippen LogP contribution in [0.4, 0.5) is 5.69 Å². The monoisotopic (exact) mass is 346 g/mol. The molecule has 2 rings (SSSR count). The van der Waals surface area contributed by atoms with Crippen LogP contribution < -0.4 is 15.5 Å². The van der Waals surface area contributed by atoms with Gasteiger partial charge in [-0.3, -0.25) is 9.59 Å². The normalized spacial score (nSPS) is 15.1. The van der Waals surface area contributed by atoms with Crippen LogP contribution in [0.3, 0.4) is 0 Å². The van der Waals surface area contributed by atoms with Gasteiger partial charge in [-0.25, -0.2) is 0 Å². The van der Waals surface area contributed by atoms with Crippen molar-refractivity contribution >= 4 is 17.5 Å². The molecule has 6 nitrogen and oxygen atoms in total. The molecule has 2 N–H and O–H groups in total. The molecule has 1 aromatic rings. The van der Waals surface area contributed by atoms with E-state index in [1.165, 1.54) is 11.3 Å². The summed E-state index contributed by atoms with van der Waals surface area (Å²) >= 11 is 0. The number of carbonyl (C=O) groups excluding carboxylic acids is 2. The highest BCUT2D eigenvalue weighted by Gasteiger charge is 2.21. The standard InChI is InChI=1S/C19H30N4O2/c1-13(2)21-19(25)18(24)20-12-17(22(3)4)15-8-9-16-14(11-15)7-6-10-23(16)5/h8-9,11,13,17H,6-7,10,12H2,1-5H3,(H,20,24)(H,21,25)/t17-/m1/s1. The van der Waals surface area contributed by atoms with E-state index >= 15 is 0 Å². The van der Waals surface area contributed by atoms with E-state index in [1.54, 1.807) is 0 Å². The molecule has 0 unspecified atom stereocenters. The number of carbonyl (C=O) groups is 2. The zero-order valence-electron chi connectivity index (χ0n) is 15.9. The predicted molar refractivity (Wildman–Crippen MR) is 101 cm³/mol. The van der Waals surface area contributed by atoms with Gasteiger partial charge in [0.25, 0.3) is 0 Å². The van der Waals surface area contributed by atoms with E-state index in [2.05, 4.69) is 45.7 Å². The fourth-order valence-electron chi connectivity index (χ4n) is 3.21. The van der Waals surface area contributed by atoms with E-state index in [-0.39, 0.29) is 12.1 Å². The largest absolute Gasteiger partial charge is 0.374 e. The molecule has 0 bridgehead atoms. The molecule has 0 aliphatic carbocycles. The predicted octanol–water partition coefficient (Wildman–Crippen LogP) is 1.31. The molecule has 0 spiro atoms. The highest BCUT2D eigenvalue weighted by atomic mass is 16.2. The van der Waals surface area contributed by atoms with Gasteiger partial charge in [0.05, 0.1) is 6.04 Å². The van der Waals surface area contributed by atoms with Crippen LogP contribution in [0.15, 0.2) is 18.2 Å². The van der Waals surface area contributed by atoms with Crippen molar-refractivity contribution in [2.24, 2.45) is 0 Å². The topological polar surface area (TPSA) is 64.7 Å². The third kappa shape index (κ3) is 4.95. The average molecular weight is 346 g/mol. The number of benzene rings is 1. The summed E-state index contributed by atoms with van der Waals surface area (Å²) in [6.07, 6.45) is 2.24. The molecule has 1 aliphatic heterocycles. The molecule has 0 fully saturated rings. The second kappa shape index (κ2) is 8.34. The van der Waals surface area contributed by atoms with Gasteiger partial charge >= 0.3 is 11.8 Å². The van der Waals surface area contributed by atoms with Crippen LogP contribution in [-0.2, 0) is 16.0 Å². The number of likely N-dealkylation sites (N-methyl/N-ethyl adjacent to an activating group) is 1. The van der Waals surface area contributed by atoms with Crippen LogP contribution in [0.2, 0.25) is 0 Å². The van der Waals surface area contributed by atoms with Crippen LogP contribution in [-0.4, -0.2) is 57.0 Å². The van der Waals surface area contributed by atoms with Gasteiger partial charge in [-0.1, -0.05) is 12.1 Å². The molecular weight excluding hydrogens is 316 g/mol. The van der Waals surface area contributed by atoms with Crippen molar-refractivity contribution in [1.29, 1.82) is 0 Å². The molecule has 6 heteroatoms. The minimum absolute atomic E-state index is 0.0216. The van der Waals surface area contributed by atoms with Gasteiger partial charge in [-0.2, -0.15) is 0 Å². The van der Waals surface area contributed by atoms with Crippen LogP contribution in [0, 0.1) is 0 Å². The van der Waals surface area contributed by atoms with E-state index in [9.17, 15) is 9.59 Å². The molecular formula is C19H30N4O2. The molecule has 1 aliphatic rings. The minimum Gasteiger partial charge on any atom is -0.374 e. The Labute approximate surface area is 150 Å². The molecule has 0 saturated heterocycles. The number of hydrogen-bond donors (Lipinski definition) is 2. The summed E-state index contributed by atoms with van der Waals surface area (Å²) in [4.78, 5) is 28.1. The summed E-state index contributed by atoms with van der Waals surface area (Å²) in [5.74, 6) is -1.17. The Kier molecular flexibility index (Phi) is 6.42. The van der Waals surface area contributed by atoms with Crippen LogP contribution in [0.1, 0.15) is 37.4 Å². The summed E-state index contributed by atoms with van der Waals surface area (Å²) in [7, 11) is 6.09. The fraction of sp³-hybridized carbons (Fsp3) is 0.579. The lowest BCUT2D eigenvalue weighted by molar-refractivity contribution is -0.139. The minimum atomic E-state index is -0.585. The zero-order valence-corrected chi connectivity index (χ0v) is 15.9. The summed E-state index contributed by atoms with van der Waals surface area (Å²) in [5.41, 5.74) is 3.79. The van der Waals surface area contributed by atoms with Crippen LogP contribution in [0.25, 0.3) is 0 Å². The number of hydrogen-bond acceptors (Lipinski definition) is 4. The molecule has 0 aromatic heterocycles. The van der Waals surface area contributed by atoms with Gasteiger partial charge in [0.15, 0.2) is 0 Å². The van der Waals surface area contributed by atoms with Gasteiger partial charge in [-0.05, 0) is 58.0 Å². The lowest BCUT2D eigenvalue weighted by Crippen LogP contribution is -2.45. The first-order valence-corrected chi connectivity index (χ1v) is 8.88. The highest BCUT2D eigenvalue weighted by Crippen LogP contribution is 2.29. The number of anilines is 1. The number of nitrogens with zero attached hydrogens (tertiary/aromatic N) is 2. The van der Waals surface area contributed by atoms with Crippen molar-refractivity contribution in [3.8, 4) is 0 Å². The van der Waals surface area contributed by atoms with Gasteiger partial charge in [-0.15, -0.1) is 0 Å². The summed E-state index contributed by atoms with van der Waals surface area (Å²) in [6.45, 7) is 5.15. The third-order valence-corrected chi connectivity index (χ3v) is 4.54. The second-order valence-electron chi connectivity index (χ2n) is 7.23. The zero-order chi connectivity index (χ0) is 18.6. The Morgan fingerprint density at radius 3 is 2.60 bits per heavy atom. The molecule has 2 amide bonds. The van der Waals surface area contributed by atoms with E-state index < -0.39 is 11.8 Å². The Morgan fingerprint density at radius 1 is 1.24 bits per heavy atom. The molecule has 0 saturated carbocycles. The van der Waals surface area contributed by atoms with Crippen LogP contribution >= 0.6 is 0 Å². The number of nitrogens with one attached hydrogen (secondary N) is 2. The maximum atomic E-state index is 12.0. The Hall–Kier alpha value is -2.08. The molecule has 25 heavy (non-hydrogen) atoms. The second-order valence-corrected chi connectivity index (χ2v) is 7.23. The average Bonchev–Trinajstić information content (AvgIpc) is 2.54. The number of aryl methyl sites for hydroxylation is 1. The smallest absolute Gasteiger partial charge is 0.309 e. The lowest BCUT2D eigenvalue weighted by atomic mass is 9.96. The number of rotatable bonds is 5. The Balaban J connectivity index is 2.08.